The average Bonchev–Trinajstić information content (AvgIpc) is 3.50. The van der Waals surface area contributed by atoms with E-state index >= 15 is 0 Å². The molecule has 2 amide bonds. The third-order valence-electron chi connectivity index (χ3n) is 7.68. The second kappa shape index (κ2) is 13.3. The number of ether oxygens (including phenoxy) is 1. The summed E-state index contributed by atoms with van der Waals surface area (Å²) in [5.41, 5.74) is 1.59. The SMILES string of the molecule is O=C(CSc1nc2ccccc2c(=O)n1CC1CCC(C(=O)NC[C@@H]2CCCO2)CC1)NCc1ccccc1. The second-order valence-electron chi connectivity index (χ2n) is 10.5. The monoisotopic (exact) mass is 548 g/mol. The van der Waals surface area contributed by atoms with Gasteiger partial charge in [-0.25, -0.2) is 4.98 Å². The molecule has 2 heterocycles. The van der Waals surface area contributed by atoms with E-state index in [1.807, 2.05) is 48.5 Å². The Kier molecular flexibility index (Phi) is 9.32. The molecule has 1 saturated heterocycles. The van der Waals surface area contributed by atoms with E-state index in [0.29, 0.717) is 35.7 Å². The van der Waals surface area contributed by atoms with Crippen LogP contribution in [0.25, 0.3) is 10.9 Å². The quantitative estimate of drug-likeness (QED) is 0.294. The maximum absolute atomic E-state index is 13.5. The van der Waals surface area contributed by atoms with Crippen molar-refractivity contribution in [2.45, 2.75) is 62.9 Å². The summed E-state index contributed by atoms with van der Waals surface area (Å²) in [6, 6.07) is 17.1. The number of rotatable bonds is 10. The van der Waals surface area contributed by atoms with Gasteiger partial charge in [-0.1, -0.05) is 54.2 Å². The molecule has 2 aromatic carbocycles. The third kappa shape index (κ3) is 7.28. The van der Waals surface area contributed by atoms with Gasteiger partial charge in [0, 0.05) is 32.2 Å². The van der Waals surface area contributed by atoms with Crippen LogP contribution >= 0.6 is 11.8 Å². The molecule has 2 N–H and O–H groups in total. The van der Waals surface area contributed by atoms with Crippen molar-refractivity contribution in [2.24, 2.45) is 11.8 Å². The molecule has 1 aliphatic carbocycles. The summed E-state index contributed by atoms with van der Waals surface area (Å²) >= 11 is 1.30. The van der Waals surface area contributed by atoms with Gasteiger partial charge in [0.25, 0.3) is 5.56 Å². The predicted molar refractivity (Wildman–Crippen MR) is 152 cm³/mol. The van der Waals surface area contributed by atoms with E-state index in [4.69, 9.17) is 9.72 Å². The lowest BCUT2D eigenvalue weighted by Gasteiger charge is -2.29. The zero-order valence-electron chi connectivity index (χ0n) is 22.1. The molecule has 3 aromatic rings. The average molecular weight is 549 g/mol. The smallest absolute Gasteiger partial charge is 0.262 e. The molecule has 1 aliphatic heterocycles. The molecule has 1 aromatic heterocycles. The highest BCUT2D eigenvalue weighted by atomic mass is 32.2. The Labute approximate surface area is 232 Å². The second-order valence-corrected chi connectivity index (χ2v) is 11.4. The highest BCUT2D eigenvalue weighted by molar-refractivity contribution is 7.99. The van der Waals surface area contributed by atoms with Crippen molar-refractivity contribution in [3.8, 4) is 0 Å². The van der Waals surface area contributed by atoms with Crippen LogP contribution < -0.4 is 16.2 Å². The predicted octanol–water partition coefficient (Wildman–Crippen LogP) is 3.91. The topological polar surface area (TPSA) is 102 Å². The van der Waals surface area contributed by atoms with Gasteiger partial charge in [0.1, 0.15) is 0 Å². The van der Waals surface area contributed by atoms with Gasteiger partial charge in [-0.15, -0.1) is 0 Å². The van der Waals surface area contributed by atoms with E-state index in [-0.39, 0.29) is 41.1 Å². The van der Waals surface area contributed by atoms with Gasteiger partial charge in [0.05, 0.1) is 22.8 Å². The van der Waals surface area contributed by atoms with Crippen LogP contribution in [0.2, 0.25) is 0 Å². The minimum Gasteiger partial charge on any atom is -0.376 e. The highest BCUT2D eigenvalue weighted by Crippen LogP contribution is 2.31. The van der Waals surface area contributed by atoms with E-state index in [1.165, 1.54) is 11.8 Å². The van der Waals surface area contributed by atoms with Crippen LogP contribution in [0.5, 0.6) is 0 Å². The largest absolute Gasteiger partial charge is 0.376 e. The number of para-hydroxylation sites is 1. The lowest BCUT2D eigenvalue weighted by molar-refractivity contribution is -0.126. The Hall–Kier alpha value is -3.17. The number of carbonyl (C=O) groups is 2. The molecule has 8 nitrogen and oxygen atoms in total. The van der Waals surface area contributed by atoms with Crippen molar-refractivity contribution in [2.75, 3.05) is 18.9 Å². The summed E-state index contributed by atoms with van der Waals surface area (Å²) in [7, 11) is 0. The molecule has 0 bridgehead atoms. The van der Waals surface area contributed by atoms with E-state index in [1.54, 1.807) is 10.6 Å². The van der Waals surface area contributed by atoms with Gasteiger partial charge < -0.3 is 15.4 Å². The van der Waals surface area contributed by atoms with Gasteiger partial charge in [0.2, 0.25) is 11.8 Å². The van der Waals surface area contributed by atoms with Gasteiger partial charge in [0.15, 0.2) is 5.16 Å². The molecule has 0 spiro atoms. The first kappa shape index (κ1) is 27.4. The molecule has 1 atom stereocenters. The number of nitrogens with one attached hydrogen (secondary N) is 2. The maximum Gasteiger partial charge on any atom is 0.262 e. The van der Waals surface area contributed by atoms with E-state index in [2.05, 4.69) is 10.6 Å². The molecule has 2 fully saturated rings. The first-order valence-corrected chi connectivity index (χ1v) is 14.9. The zero-order chi connectivity index (χ0) is 27.0. The molecular weight excluding hydrogens is 512 g/mol. The number of amides is 2. The number of hydrogen-bond acceptors (Lipinski definition) is 6. The van der Waals surface area contributed by atoms with Crippen LogP contribution in [0, 0.1) is 11.8 Å². The van der Waals surface area contributed by atoms with Gasteiger partial charge in [-0.2, -0.15) is 0 Å². The minimum absolute atomic E-state index is 0.0104. The lowest BCUT2D eigenvalue weighted by atomic mass is 9.81. The highest BCUT2D eigenvalue weighted by Gasteiger charge is 2.28. The fraction of sp³-hybridized carbons (Fsp3) is 0.467. The number of nitrogens with zero attached hydrogens (tertiary/aromatic N) is 2. The van der Waals surface area contributed by atoms with Crippen LogP contribution in [0.1, 0.15) is 44.1 Å². The maximum atomic E-state index is 13.5. The molecule has 2 aliphatic rings. The standard InChI is InChI=1S/C30H36N4O4S/c35-27(31-17-21-7-2-1-3-8-21)20-39-30-33-26-11-5-4-10-25(26)29(37)34(30)19-22-12-14-23(15-13-22)28(36)32-18-24-9-6-16-38-24/h1-5,7-8,10-11,22-24H,6,9,12-20H2,(H,31,35)(H,32,36)/t22?,23?,24-/m0/s1. The van der Waals surface area contributed by atoms with Crippen LogP contribution in [-0.2, 0) is 27.4 Å². The summed E-state index contributed by atoms with van der Waals surface area (Å²) in [5.74, 6) is 0.476. The van der Waals surface area contributed by atoms with Crippen molar-refractivity contribution in [1.29, 1.82) is 0 Å². The molecule has 9 heteroatoms. The van der Waals surface area contributed by atoms with Crippen molar-refractivity contribution in [3.05, 3.63) is 70.5 Å². The van der Waals surface area contributed by atoms with Gasteiger partial charge in [-0.3, -0.25) is 19.0 Å². The zero-order valence-corrected chi connectivity index (χ0v) is 23.0. The Bertz CT molecular complexity index is 1330. The van der Waals surface area contributed by atoms with Crippen LogP contribution in [0.4, 0.5) is 0 Å². The Morgan fingerprint density at radius 2 is 1.74 bits per heavy atom. The molecule has 5 rings (SSSR count). The Morgan fingerprint density at radius 1 is 0.974 bits per heavy atom. The number of thioether (sulfide) groups is 1. The normalized spacial score (nSPS) is 21.1. The fourth-order valence-electron chi connectivity index (χ4n) is 5.43. The van der Waals surface area contributed by atoms with Gasteiger partial charge in [-0.05, 0) is 62.1 Å². The fourth-order valence-corrected chi connectivity index (χ4v) is 6.26. The van der Waals surface area contributed by atoms with E-state index in [9.17, 15) is 14.4 Å². The molecule has 0 radical (unpaired) electrons. The number of benzene rings is 2. The lowest BCUT2D eigenvalue weighted by Crippen LogP contribution is -2.38. The summed E-state index contributed by atoms with van der Waals surface area (Å²) in [6.45, 7) is 2.38. The van der Waals surface area contributed by atoms with Crippen LogP contribution in [0.15, 0.2) is 64.5 Å². The Morgan fingerprint density at radius 3 is 2.51 bits per heavy atom. The van der Waals surface area contributed by atoms with Crippen LogP contribution in [0.3, 0.4) is 0 Å². The number of carbonyl (C=O) groups excluding carboxylic acids is 2. The molecule has 0 unspecified atom stereocenters. The number of fused-ring (bicyclic) bond motifs is 1. The Balaban J connectivity index is 1.20. The number of aromatic nitrogens is 2. The first-order chi connectivity index (χ1) is 19.1. The molecular formula is C30H36N4O4S. The molecule has 206 valence electrons. The minimum atomic E-state index is -0.104. The third-order valence-corrected chi connectivity index (χ3v) is 8.65. The summed E-state index contributed by atoms with van der Waals surface area (Å²) in [5, 5.41) is 7.16. The van der Waals surface area contributed by atoms with Crippen molar-refractivity contribution < 1.29 is 14.3 Å². The summed E-state index contributed by atoms with van der Waals surface area (Å²) in [6.07, 6.45) is 5.58. The van der Waals surface area contributed by atoms with E-state index in [0.717, 1.165) is 50.7 Å². The summed E-state index contributed by atoms with van der Waals surface area (Å²) in [4.78, 5) is 43.5. The molecule has 39 heavy (non-hydrogen) atoms. The summed E-state index contributed by atoms with van der Waals surface area (Å²) < 4.78 is 7.35. The molecule has 1 saturated carbocycles. The van der Waals surface area contributed by atoms with Gasteiger partial charge >= 0.3 is 0 Å². The van der Waals surface area contributed by atoms with Crippen LogP contribution in [-0.4, -0.2) is 46.4 Å². The number of hydrogen-bond donors (Lipinski definition) is 2. The van der Waals surface area contributed by atoms with E-state index < -0.39 is 0 Å². The van der Waals surface area contributed by atoms with Crippen molar-refractivity contribution in [3.63, 3.8) is 0 Å². The van der Waals surface area contributed by atoms with Crippen molar-refractivity contribution >= 4 is 34.5 Å². The first-order valence-electron chi connectivity index (χ1n) is 13.9. The van der Waals surface area contributed by atoms with Crippen molar-refractivity contribution in [1.82, 2.24) is 20.2 Å².